The van der Waals surface area contributed by atoms with Crippen molar-refractivity contribution in [3.8, 4) is 0 Å². The fourth-order valence-corrected chi connectivity index (χ4v) is 8.41. The summed E-state index contributed by atoms with van der Waals surface area (Å²) in [6.07, 6.45) is 7.25. The summed E-state index contributed by atoms with van der Waals surface area (Å²) in [4.78, 5) is 35.8. The van der Waals surface area contributed by atoms with Crippen molar-refractivity contribution < 1.29 is 14.3 Å². The standard InChI is InChI=1S/C37H51N5O3/c1-26-38-31-14-10-11-15-32(31)42(26)30-24-28-16-17-29(25-30)41(28)23-20-37(27-12-8-7-9-13-27)18-21-40(22-19-37)33(43)36(5,6)39-34(44)45-35(2,3)4/h7-15,28-30H,16-25H2,1-6H3,(H,39,44)/t28-,29+,30?. The van der Waals surface area contributed by atoms with E-state index in [0.717, 1.165) is 37.1 Å². The summed E-state index contributed by atoms with van der Waals surface area (Å²) < 4.78 is 7.95. The number of fused-ring (bicyclic) bond motifs is 3. The van der Waals surface area contributed by atoms with Gasteiger partial charge >= 0.3 is 6.09 Å². The Bertz CT molecular complexity index is 1500. The van der Waals surface area contributed by atoms with Crippen molar-refractivity contribution in [3.05, 3.63) is 66.0 Å². The monoisotopic (exact) mass is 613 g/mol. The number of para-hydroxylation sites is 2. The Hall–Kier alpha value is -3.39. The normalized spacial score (nSPS) is 23.7. The van der Waals surface area contributed by atoms with E-state index in [0.29, 0.717) is 31.2 Å². The summed E-state index contributed by atoms with van der Waals surface area (Å²) in [6.45, 7) is 13.6. The maximum Gasteiger partial charge on any atom is 0.408 e. The fraction of sp³-hybridized carbons (Fsp3) is 0.595. The van der Waals surface area contributed by atoms with Crippen molar-refractivity contribution in [2.45, 2.75) is 121 Å². The van der Waals surface area contributed by atoms with Crippen LogP contribution in [0.5, 0.6) is 0 Å². The Kier molecular flexibility index (Phi) is 8.48. The third kappa shape index (κ3) is 6.49. The number of benzene rings is 2. The fourth-order valence-electron chi connectivity index (χ4n) is 8.41. The molecule has 6 rings (SSSR count). The molecule has 45 heavy (non-hydrogen) atoms. The molecule has 0 saturated carbocycles. The number of nitrogens with zero attached hydrogens (tertiary/aromatic N) is 4. The Labute approximate surface area is 268 Å². The van der Waals surface area contributed by atoms with Gasteiger partial charge in [0.25, 0.3) is 0 Å². The van der Waals surface area contributed by atoms with Crippen molar-refractivity contribution in [2.24, 2.45) is 0 Å². The molecule has 242 valence electrons. The molecule has 3 aliphatic heterocycles. The zero-order valence-corrected chi connectivity index (χ0v) is 28.0. The quantitative estimate of drug-likeness (QED) is 0.318. The number of hydrogen-bond donors (Lipinski definition) is 1. The number of carbonyl (C=O) groups excluding carboxylic acids is 2. The second-order valence-electron chi connectivity index (χ2n) is 15.2. The molecule has 2 amide bonds. The molecule has 4 heterocycles. The van der Waals surface area contributed by atoms with Gasteiger partial charge < -0.3 is 19.5 Å². The molecule has 3 atom stereocenters. The topological polar surface area (TPSA) is 79.7 Å². The van der Waals surface area contributed by atoms with Crippen LogP contribution >= 0.6 is 0 Å². The van der Waals surface area contributed by atoms with Crippen LogP contribution in [-0.4, -0.2) is 74.2 Å². The van der Waals surface area contributed by atoms with E-state index >= 15 is 0 Å². The van der Waals surface area contributed by atoms with Crippen LogP contribution in [0, 0.1) is 6.92 Å². The lowest BCUT2D eigenvalue weighted by Gasteiger charge is -2.46. The van der Waals surface area contributed by atoms with Gasteiger partial charge in [-0.05, 0) is 116 Å². The summed E-state index contributed by atoms with van der Waals surface area (Å²) in [5, 5.41) is 2.81. The molecule has 3 fully saturated rings. The maximum absolute atomic E-state index is 13.6. The number of rotatable bonds is 7. The lowest BCUT2D eigenvalue weighted by molar-refractivity contribution is -0.138. The first-order chi connectivity index (χ1) is 21.4. The Morgan fingerprint density at radius 3 is 2.18 bits per heavy atom. The summed E-state index contributed by atoms with van der Waals surface area (Å²) in [7, 11) is 0. The number of aryl methyl sites for hydroxylation is 1. The molecule has 3 saturated heterocycles. The predicted molar refractivity (Wildman–Crippen MR) is 178 cm³/mol. The first-order valence-electron chi connectivity index (χ1n) is 16.9. The molecule has 0 aliphatic carbocycles. The largest absolute Gasteiger partial charge is 0.444 e. The second kappa shape index (κ2) is 12.1. The molecule has 3 aliphatic rings. The van der Waals surface area contributed by atoms with E-state index in [4.69, 9.17) is 9.72 Å². The summed E-state index contributed by atoms with van der Waals surface area (Å²) >= 11 is 0. The van der Waals surface area contributed by atoms with Crippen LogP contribution in [-0.2, 0) is 14.9 Å². The highest BCUT2D eigenvalue weighted by molar-refractivity contribution is 5.89. The molecule has 0 radical (unpaired) electrons. The number of imidazole rings is 1. The van der Waals surface area contributed by atoms with Gasteiger partial charge in [0.15, 0.2) is 0 Å². The molecule has 1 N–H and O–H groups in total. The average Bonchev–Trinajstić information content (AvgIpc) is 3.45. The van der Waals surface area contributed by atoms with Gasteiger partial charge in [0.2, 0.25) is 5.91 Å². The highest BCUT2D eigenvalue weighted by atomic mass is 16.6. The number of alkyl carbamates (subject to hydrolysis) is 1. The van der Waals surface area contributed by atoms with E-state index in [1.54, 1.807) is 13.8 Å². The van der Waals surface area contributed by atoms with Crippen LogP contribution in [0.4, 0.5) is 4.79 Å². The molecule has 2 aromatic carbocycles. The van der Waals surface area contributed by atoms with Crippen molar-refractivity contribution >= 4 is 23.0 Å². The number of amides is 2. The zero-order chi connectivity index (χ0) is 32.0. The zero-order valence-electron chi connectivity index (χ0n) is 28.0. The Morgan fingerprint density at radius 1 is 0.911 bits per heavy atom. The molecule has 1 aromatic heterocycles. The van der Waals surface area contributed by atoms with Gasteiger partial charge in [-0.2, -0.15) is 0 Å². The SMILES string of the molecule is Cc1nc2ccccc2n1C1C[C@H]2CC[C@@H](C1)N2CCC1(c2ccccc2)CCN(C(=O)C(C)(C)NC(=O)OC(C)(C)C)CC1. The number of hydrogen-bond acceptors (Lipinski definition) is 5. The lowest BCUT2D eigenvalue weighted by atomic mass is 9.70. The van der Waals surface area contributed by atoms with Crippen molar-refractivity contribution in [1.82, 2.24) is 24.7 Å². The van der Waals surface area contributed by atoms with Crippen LogP contribution < -0.4 is 5.32 Å². The highest BCUT2D eigenvalue weighted by Gasteiger charge is 2.45. The van der Waals surface area contributed by atoms with E-state index < -0.39 is 17.2 Å². The first-order valence-corrected chi connectivity index (χ1v) is 16.9. The van der Waals surface area contributed by atoms with Gasteiger partial charge in [-0.3, -0.25) is 9.69 Å². The smallest absolute Gasteiger partial charge is 0.408 e. The van der Waals surface area contributed by atoms with Crippen LogP contribution in [0.1, 0.15) is 97.0 Å². The number of nitrogens with one attached hydrogen (secondary N) is 1. The van der Waals surface area contributed by atoms with Crippen molar-refractivity contribution in [2.75, 3.05) is 19.6 Å². The van der Waals surface area contributed by atoms with Crippen molar-refractivity contribution in [3.63, 3.8) is 0 Å². The van der Waals surface area contributed by atoms with Crippen LogP contribution in [0.25, 0.3) is 11.0 Å². The van der Waals surface area contributed by atoms with E-state index in [2.05, 4.69) is 76.3 Å². The van der Waals surface area contributed by atoms with E-state index in [9.17, 15) is 9.59 Å². The third-order valence-electron chi connectivity index (χ3n) is 10.6. The summed E-state index contributed by atoms with van der Waals surface area (Å²) in [6, 6.07) is 21.2. The molecule has 1 unspecified atom stereocenters. The van der Waals surface area contributed by atoms with Gasteiger partial charge in [0.1, 0.15) is 17.0 Å². The van der Waals surface area contributed by atoms with Gasteiger partial charge in [-0.15, -0.1) is 0 Å². The molecular formula is C37H51N5O3. The van der Waals surface area contributed by atoms with Crippen LogP contribution in [0.3, 0.4) is 0 Å². The van der Waals surface area contributed by atoms with Gasteiger partial charge in [0, 0.05) is 31.2 Å². The minimum atomic E-state index is -1.04. The maximum atomic E-state index is 13.6. The Morgan fingerprint density at radius 2 is 1.53 bits per heavy atom. The van der Waals surface area contributed by atoms with E-state index in [1.165, 1.54) is 36.8 Å². The highest BCUT2D eigenvalue weighted by Crippen LogP contribution is 2.45. The number of piperidine rings is 2. The second-order valence-corrected chi connectivity index (χ2v) is 15.2. The average molecular weight is 614 g/mol. The Balaban J connectivity index is 1.13. The minimum absolute atomic E-state index is 0.0220. The first kappa shape index (κ1) is 31.6. The van der Waals surface area contributed by atoms with Gasteiger partial charge in [0.05, 0.1) is 11.0 Å². The van der Waals surface area contributed by atoms with Crippen LogP contribution in [0.15, 0.2) is 54.6 Å². The molecule has 8 nitrogen and oxygen atoms in total. The summed E-state index contributed by atoms with van der Waals surface area (Å²) in [5.74, 6) is 1.07. The lowest BCUT2D eigenvalue weighted by Crippen LogP contribution is -2.59. The predicted octanol–water partition coefficient (Wildman–Crippen LogP) is 6.77. The number of ether oxygens (including phenoxy) is 1. The van der Waals surface area contributed by atoms with Gasteiger partial charge in [-0.25, -0.2) is 9.78 Å². The number of likely N-dealkylation sites (tertiary alicyclic amines) is 1. The van der Waals surface area contributed by atoms with Crippen LogP contribution in [0.2, 0.25) is 0 Å². The molecule has 8 heteroatoms. The molecule has 0 spiro atoms. The number of aromatic nitrogens is 2. The summed E-state index contributed by atoms with van der Waals surface area (Å²) in [5.41, 5.74) is 2.10. The van der Waals surface area contributed by atoms with E-state index in [-0.39, 0.29) is 11.3 Å². The van der Waals surface area contributed by atoms with Gasteiger partial charge in [-0.1, -0.05) is 42.5 Å². The van der Waals surface area contributed by atoms with Crippen molar-refractivity contribution in [1.29, 1.82) is 0 Å². The molecule has 3 aromatic rings. The molecular weight excluding hydrogens is 562 g/mol. The third-order valence-corrected chi connectivity index (χ3v) is 10.6. The molecule has 2 bridgehead atoms. The minimum Gasteiger partial charge on any atom is -0.444 e. The number of carbonyl (C=O) groups is 2. The van der Waals surface area contributed by atoms with E-state index in [1.807, 2.05) is 25.7 Å².